The molecule has 1 unspecified atom stereocenters. The summed E-state index contributed by atoms with van der Waals surface area (Å²) in [6.07, 6.45) is 1.69. The van der Waals surface area contributed by atoms with Crippen LogP contribution in [0.2, 0.25) is 0 Å². The number of amides is 2. The number of carbonyl (C=O) groups is 2. The highest BCUT2D eigenvalue weighted by Crippen LogP contribution is 2.16. The summed E-state index contributed by atoms with van der Waals surface area (Å²) in [5.74, 6) is 0.606. The first-order valence-electron chi connectivity index (χ1n) is 9.65. The Balaban J connectivity index is 1.66. The summed E-state index contributed by atoms with van der Waals surface area (Å²) in [5.41, 5.74) is 1.50. The molecule has 1 saturated heterocycles. The highest BCUT2D eigenvalue weighted by Gasteiger charge is 2.22. The summed E-state index contributed by atoms with van der Waals surface area (Å²) in [7, 11) is 1.59. The summed E-state index contributed by atoms with van der Waals surface area (Å²) in [6.45, 7) is 2.09. The second kappa shape index (κ2) is 9.90. The summed E-state index contributed by atoms with van der Waals surface area (Å²) in [4.78, 5) is 25.2. The van der Waals surface area contributed by atoms with Gasteiger partial charge in [-0.05, 0) is 55.8 Å². The first-order valence-corrected chi connectivity index (χ1v) is 9.65. The molecule has 0 spiro atoms. The Kier molecular flexibility index (Phi) is 7.03. The van der Waals surface area contributed by atoms with E-state index in [-0.39, 0.29) is 23.8 Å². The van der Waals surface area contributed by atoms with Gasteiger partial charge in [0.2, 0.25) is 5.91 Å². The van der Waals surface area contributed by atoms with Gasteiger partial charge in [-0.15, -0.1) is 0 Å². The van der Waals surface area contributed by atoms with Crippen LogP contribution >= 0.6 is 0 Å². The Morgan fingerprint density at radius 2 is 1.75 bits per heavy atom. The zero-order valence-corrected chi connectivity index (χ0v) is 16.1. The summed E-state index contributed by atoms with van der Waals surface area (Å²) in [6, 6.07) is 16.4. The topological polar surface area (TPSA) is 79.5 Å². The Bertz CT molecular complexity index is 771. The van der Waals surface area contributed by atoms with Crippen LogP contribution < -0.4 is 20.7 Å². The molecule has 0 radical (unpaired) electrons. The molecule has 1 aliphatic rings. The van der Waals surface area contributed by atoms with E-state index in [1.165, 1.54) is 0 Å². The molecular formula is C22H27N3O3. The van der Waals surface area contributed by atoms with Gasteiger partial charge in [-0.25, -0.2) is 0 Å². The zero-order valence-electron chi connectivity index (χ0n) is 16.1. The van der Waals surface area contributed by atoms with Crippen molar-refractivity contribution in [2.75, 3.05) is 26.7 Å². The molecule has 2 aromatic carbocycles. The van der Waals surface area contributed by atoms with Gasteiger partial charge in [0.15, 0.2) is 0 Å². The van der Waals surface area contributed by atoms with Crippen molar-refractivity contribution in [2.45, 2.75) is 18.9 Å². The maximum Gasteiger partial charge on any atom is 0.251 e. The third-order valence-electron chi connectivity index (χ3n) is 5.05. The number of ether oxygens (including phenoxy) is 1. The van der Waals surface area contributed by atoms with Crippen molar-refractivity contribution < 1.29 is 14.3 Å². The van der Waals surface area contributed by atoms with Crippen molar-refractivity contribution in [3.05, 3.63) is 65.7 Å². The molecule has 28 heavy (non-hydrogen) atoms. The second-order valence-electron chi connectivity index (χ2n) is 6.93. The molecule has 0 aromatic heterocycles. The quantitative estimate of drug-likeness (QED) is 0.688. The minimum atomic E-state index is -0.304. The Labute approximate surface area is 165 Å². The molecule has 1 atom stereocenters. The van der Waals surface area contributed by atoms with E-state index in [1.807, 2.05) is 30.3 Å². The fourth-order valence-corrected chi connectivity index (χ4v) is 3.35. The van der Waals surface area contributed by atoms with Crippen LogP contribution in [-0.4, -0.2) is 38.6 Å². The van der Waals surface area contributed by atoms with Gasteiger partial charge in [0.25, 0.3) is 5.91 Å². The molecule has 2 amide bonds. The van der Waals surface area contributed by atoms with Crippen molar-refractivity contribution in [2.24, 2.45) is 5.92 Å². The summed E-state index contributed by atoms with van der Waals surface area (Å²) in [5, 5.41) is 9.33. The number of hydrogen-bond donors (Lipinski definition) is 3. The third-order valence-corrected chi connectivity index (χ3v) is 5.05. The van der Waals surface area contributed by atoms with Gasteiger partial charge >= 0.3 is 0 Å². The first kappa shape index (κ1) is 19.9. The summed E-state index contributed by atoms with van der Waals surface area (Å²) < 4.78 is 5.14. The number of carbonyl (C=O) groups excluding carboxylic acids is 2. The minimum Gasteiger partial charge on any atom is -0.497 e. The van der Waals surface area contributed by atoms with Crippen LogP contribution in [-0.2, 0) is 4.79 Å². The monoisotopic (exact) mass is 381 g/mol. The SMILES string of the molecule is COc1ccc(C(=O)NC(CNC(=O)C2CCNCC2)c2ccccc2)cc1. The lowest BCUT2D eigenvalue weighted by Gasteiger charge is -2.24. The Morgan fingerprint density at radius 3 is 2.39 bits per heavy atom. The van der Waals surface area contributed by atoms with Crippen LogP contribution in [0.3, 0.4) is 0 Å². The lowest BCUT2D eigenvalue weighted by molar-refractivity contribution is -0.125. The molecule has 1 heterocycles. The van der Waals surface area contributed by atoms with Crippen LogP contribution in [0.5, 0.6) is 5.75 Å². The standard InChI is InChI=1S/C22H27N3O3/c1-28-19-9-7-17(8-10-19)22(27)25-20(16-5-3-2-4-6-16)15-24-21(26)18-11-13-23-14-12-18/h2-10,18,20,23H,11-15H2,1H3,(H,24,26)(H,25,27). The fraction of sp³-hybridized carbons (Fsp3) is 0.364. The predicted molar refractivity (Wildman–Crippen MR) is 108 cm³/mol. The van der Waals surface area contributed by atoms with E-state index in [2.05, 4.69) is 16.0 Å². The molecule has 6 heteroatoms. The van der Waals surface area contributed by atoms with E-state index >= 15 is 0 Å². The van der Waals surface area contributed by atoms with E-state index in [4.69, 9.17) is 4.74 Å². The van der Waals surface area contributed by atoms with Crippen molar-refractivity contribution in [3.8, 4) is 5.75 Å². The first-order chi connectivity index (χ1) is 13.7. The van der Waals surface area contributed by atoms with Gasteiger partial charge in [0, 0.05) is 18.0 Å². The molecule has 1 fully saturated rings. The van der Waals surface area contributed by atoms with Crippen LogP contribution in [0.1, 0.15) is 34.8 Å². The normalized spacial score (nSPS) is 15.5. The number of nitrogens with one attached hydrogen (secondary N) is 3. The van der Waals surface area contributed by atoms with E-state index < -0.39 is 0 Å². The minimum absolute atomic E-state index is 0.0370. The van der Waals surface area contributed by atoms with Gasteiger partial charge in [-0.1, -0.05) is 30.3 Å². The molecule has 0 saturated carbocycles. The molecule has 3 rings (SSSR count). The Hall–Kier alpha value is -2.86. The molecule has 3 N–H and O–H groups in total. The number of rotatable bonds is 7. The summed E-state index contributed by atoms with van der Waals surface area (Å²) >= 11 is 0. The maximum atomic E-state index is 12.7. The van der Waals surface area contributed by atoms with Gasteiger partial charge in [0.05, 0.1) is 13.2 Å². The average molecular weight is 381 g/mol. The molecule has 0 aliphatic carbocycles. The second-order valence-corrected chi connectivity index (χ2v) is 6.93. The molecular weight excluding hydrogens is 354 g/mol. The molecule has 6 nitrogen and oxygen atoms in total. The van der Waals surface area contributed by atoms with E-state index in [0.29, 0.717) is 17.9 Å². The maximum absolute atomic E-state index is 12.7. The van der Waals surface area contributed by atoms with Crippen LogP contribution in [0.4, 0.5) is 0 Å². The van der Waals surface area contributed by atoms with Gasteiger partial charge in [-0.3, -0.25) is 9.59 Å². The number of benzene rings is 2. The lowest BCUT2D eigenvalue weighted by atomic mass is 9.97. The van der Waals surface area contributed by atoms with E-state index in [0.717, 1.165) is 31.5 Å². The van der Waals surface area contributed by atoms with Crippen molar-refractivity contribution in [1.29, 1.82) is 0 Å². The van der Waals surface area contributed by atoms with Crippen LogP contribution in [0.15, 0.2) is 54.6 Å². The highest BCUT2D eigenvalue weighted by atomic mass is 16.5. The van der Waals surface area contributed by atoms with Crippen molar-refractivity contribution >= 4 is 11.8 Å². The van der Waals surface area contributed by atoms with Crippen molar-refractivity contribution in [1.82, 2.24) is 16.0 Å². The van der Waals surface area contributed by atoms with Gasteiger partial charge in [-0.2, -0.15) is 0 Å². The van der Waals surface area contributed by atoms with E-state index in [9.17, 15) is 9.59 Å². The highest BCUT2D eigenvalue weighted by molar-refractivity contribution is 5.94. The van der Waals surface area contributed by atoms with Gasteiger partial charge < -0.3 is 20.7 Å². The smallest absolute Gasteiger partial charge is 0.251 e. The molecule has 0 bridgehead atoms. The average Bonchev–Trinajstić information content (AvgIpc) is 2.77. The third kappa shape index (κ3) is 5.33. The zero-order chi connectivity index (χ0) is 19.8. The molecule has 2 aromatic rings. The Morgan fingerprint density at radius 1 is 1.07 bits per heavy atom. The van der Waals surface area contributed by atoms with E-state index in [1.54, 1.807) is 31.4 Å². The van der Waals surface area contributed by atoms with Crippen LogP contribution in [0, 0.1) is 5.92 Å². The number of piperidine rings is 1. The lowest BCUT2D eigenvalue weighted by Crippen LogP contribution is -2.42. The largest absolute Gasteiger partial charge is 0.497 e. The predicted octanol–water partition coefficient (Wildman–Crippen LogP) is 2.28. The van der Waals surface area contributed by atoms with Gasteiger partial charge in [0.1, 0.15) is 5.75 Å². The fourth-order valence-electron chi connectivity index (χ4n) is 3.35. The van der Waals surface area contributed by atoms with Crippen LogP contribution in [0.25, 0.3) is 0 Å². The van der Waals surface area contributed by atoms with Crippen molar-refractivity contribution in [3.63, 3.8) is 0 Å². The molecule has 148 valence electrons. The number of methoxy groups -OCH3 is 1. The molecule has 1 aliphatic heterocycles. The number of hydrogen-bond acceptors (Lipinski definition) is 4.